The van der Waals surface area contributed by atoms with Crippen LogP contribution >= 0.6 is 11.6 Å². The Kier molecular flexibility index (Phi) is 9.47. The van der Waals surface area contributed by atoms with Crippen LogP contribution in [0.3, 0.4) is 0 Å². The van der Waals surface area contributed by atoms with Gasteiger partial charge in [-0.15, -0.1) is 0 Å². The van der Waals surface area contributed by atoms with E-state index in [1.807, 2.05) is 6.92 Å². The van der Waals surface area contributed by atoms with Crippen molar-refractivity contribution in [2.24, 2.45) is 0 Å². The van der Waals surface area contributed by atoms with E-state index in [0.29, 0.717) is 41.7 Å². The molecule has 2 aromatic rings. The Morgan fingerprint density at radius 3 is 2.20 bits per heavy atom. The zero-order valence-corrected chi connectivity index (χ0v) is 17.3. The summed E-state index contributed by atoms with van der Waals surface area (Å²) in [5, 5.41) is 3.26. The van der Waals surface area contributed by atoms with Crippen molar-refractivity contribution in [3.63, 3.8) is 0 Å². The van der Waals surface area contributed by atoms with E-state index >= 15 is 0 Å². The lowest BCUT2D eigenvalue weighted by Crippen LogP contribution is -2.44. The molecule has 0 unspecified atom stereocenters. The van der Waals surface area contributed by atoms with Crippen molar-refractivity contribution in [2.45, 2.75) is 19.8 Å². The number of nitrogens with one attached hydrogen (secondary N) is 3. The molecule has 2 rings (SSSR count). The smallest absolute Gasteiger partial charge is 0.276 e. The highest BCUT2D eigenvalue weighted by Crippen LogP contribution is 2.26. The van der Waals surface area contributed by atoms with Crippen molar-refractivity contribution in [2.75, 3.05) is 19.8 Å². The SMILES string of the molecule is CCOc1ccccc1OCC(=O)NNC(=O)CCCNC(=O)c1ccc(Cl)cc1. The number of rotatable bonds is 10. The van der Waals surface area contributed by atoms with Gasteiger partial charge in [-0.1, -0.05) is 23.7 Å². The van der Waals surface area contributed by atoms with Gasteiger partial charge in [0.2, 0.25) is 5.91 Å². The van der Waals surface area contributed by atoms with Crippen molar-refractivity contribution in [1.29, 1.82) is 0 Å². The maximum atomic E-state index is 11.9. The summed E-state index contributed by atoms with van der Waals surface area (Å²) < 4.78 is 10.8. The van der Waals surface area contributed by atoms with Crippen LogP contribution in [0, 0.1) is 0 Å². The van der Waals surface area contributed by atoms with Gasteiger partial charge in [0.15, 0.2) is 18.1 Å². The Hall–Kier alpha value is -3.26. The first-order valence-electron chi connectivity index (χ1n) is 9.45. The standard InChI is InChI=1S/C21H24ClN3O5/c1-2-29-17-6-3-4-7-18(17)30-14-20(27)25-24-19(26)8-5-13-23-21(28)15-9-11-16(22)12-10-15/h3-4,6-7,9-12H,2,5,8,13-14H2,1H3,(H,23,28)(H,24,26)(H,25,27). The molecule has 0 aliphatic carbocycles. The van der Waals surface area contributed by atoms with Gasteiger partial charge >= 0.3 is 0 Å². The van der Waals surface area contributed by atoms with E-state index in [9.17, 15) is 14.4 Å². The minimum atomic E-state index is -0.509. The van der Waals surface area contributed by atoms with Crippen LogP contribution in [0.25, 0.3) is 0 Å². The minimum Gasteiger partial charge on any atom is -0.490 e. The maximum Gasteiger partial charge on any atom is 0.276 e. The third-order valence-corrected chi connectivity index (χ3v) is 4.07. The zero-order chi connectivity index (χ0) is 21.8. The van der Waals surface area contributed by atoms with Crippen LogP contribution in [0.15, 0.2) is 48.5 Å². The van der Waals surface area contributed by atoms with Crippen LogP contribution in [0.5, 0.6) is 11.5 Å². The van der Waals surface area contributed by atoms with Crippen LogP contribution in [0.4, 0.5) is 0 Å². The summed E-state index contributed by atoms with van der Waals surface area (Å²) >= 11 is 5.78. The molecule has 160 valence electrons. The summed E-state index contributed by atoms with van der Waals surface area (Å²) in [6.07, 6.45) is 0.550. The van der Waals surface area contributed by atoms with E-state index in [4.69, 9.17) is 21.1 Å². The van der Waals surface area contributed by atoms with Gasteiger partial charge in [0, 0.05) is 23.6 Å². The average molecular weight is 434 g/mol. The van der Waals surface area contributed by atoms with Crippen molar-refractivity contribution in [3.05, 3.63) is 59.1 Å². The van der Waals surface area contributed by atoms with E-state index < -0.39 is 5.91 Å². The van der Waals surface area contributed by atoms with Gasteiger partial charge in [-0.2, -0.15) is 0 Å². The molecule has 0 atom stereocenters. The molecular weight excluding hydrogens is 410 g/mol. The van der Waals surface area contributed by atoms with Crippen LogP contribution < -0.4 is 25.6 Å². The van der Waals surface area contributed by atoms with Crippen molar-refractivity contribution >= 4 is 29.3 Å². The normalized spacial score (nSPS) is 10.1. The van der Waals surface area contributed by atoms with Crippen LogP contribution in [0.1, 0.15) is 30.1 Å². The number of para-hydroxylation sites is 2. The molecular formula is C21H24ClN3O5. The van der Waals surface area contributed by atoms with E-state index in [1.54, 1.807) is 48.5 Å². The molecule has 3 N–H and O–H groups in total. The van der Waals surface area contributed by atoms with Crippen LogP contribution in [-0.4, -0.2) is 37.5 Å². The third-order valence-electron chi connectivity index (χ3n) is 3.82. The number of benzene rings is 2. The summed E-state index contributed by atoms with van der Waals surface area (Å²) in [5.74, 6) is -0.149. The topological polar surface area (TPSA) is 106 Å². The zero-order valence-electron chi connectivity index (χ0n) is 16.6. The fourth-order valence-electron chi connectivity index (χ4n) is 2.38. The van der Waals surface area contributed by atoms with E-state index in [2.05, 4.69) is 16.2 Å². The number of amides is 3. The largest absolute Gasteiger partial charge is 0.490 e. The molecule has 0 aliphatic rings. The highest BCUT2D eigenvalue weighted by atomic mass is 35.5. The van der Waals surface area contributed by atoms with Gasteiger partial charge in [0.25, 0.3) is 11.8 Å². The second-order valence-electron chi connectivity index (χ2n) is 6.13. The number of hydrogen-bond acceptors (Lipinski definition) is 5. The maximum absolute atomic E-state index is 11.9. The van der Waals surface area contributed by atoms with Crippen molar-refractivity contribution < 1.29 is 23.9 Å². The van der Waals surface area contributed by atoms with E-state index in [-0.39, 0.29) is 24.8 Å². The molecule has 8 nitrogen and oxygen atoms in total. The minimum absolute atomic E-state index is 0.134. The monoisotopic (exact) mass is 433 g/mol. The van der Waals surface area contributed by atoms with E-state index in [0.717, 1.165) is 0 Å². The number of carbonyl (C=O) groups is 3. The Balaban J connectivity index is 1.61. The van der Waals surface area contributed by atoms with Crippen LogP contribution in [0.2, 0.25) is 5.02 Å². The molecule has 30 heavy (non-hydrogen) atoms. The second-order valence-corrected chi connectivity index (χ2v) is 6.57. The Labute approximate surface area is 179 Å². The average Bonchev–Trinajstić information content (AvgIpc) is 2.75. The lowest BCUT2D eigenvalue weighted by molar-refractivity contribution is -0.130. The van der Waals surface area contributed by atoms with Gasteiger partial charge in [-0.3, -0.25) is 25.2 Å². The van der Waals surface area contributed by atoms with Crippen molar-refractivity contribution in [3.8, 4) is 11.5 Å². The molecule has 0 spiro atoms. The molecule has 0 bridgehead atoms. The van der Waals surface area contributed by atoms with Crippen molar-refractivity contribution in [1.82, 2.24) is 16.2 Å². The molecule has 2 aromatic carbocycles. The number of ether oxygens (including phenoxy) is 2. The third kappa shape index (κ3) is 8.00. The quantitative estimate of drug-likeness (QED) is 0.394. The molecule has 3 amide bonds. The fourth-order valence-corrected chi connectivity index (χ4v) is 2.51. The summed E-state index contributed by atoms with van der Waals surface area (Å²) in [4.78, 5) is 35.6. The Morgan fingerprint density at radius 1 is 0.900 bits per heavy atom. The Bertz CT molecular complexity index is 858. The lowest BCUT2D eigenvalue weighted by Gasteiger charge is -2.12. The predicted molar refractivity (Wildman–Crippen MR) is 112 cm³/mol. The van der Waals surface area contributed by atoms with Gasteiger partial charge in [-0.05, 0) is 49.7 Å². The first kappa shape index (κ1) is 23.0. The first-order chi connectivity index (χ1) is 14.5. The molecule has 9 heteroatoms. The summed E-state index contributed by atoms with van der Waals surface area (Å²) in [7, 11) is 0. The summed E-state index contributed by atoms with van der Waals surface area (Å²) in [6.45, 7) is 2.37. The predicted octanol–water partition coefficient (Wildman–Crippen LogP) is 2.48. The highest BCUT2D eigenvalue weighted by Gasteiger charge is 2.09. The molecule has 0 radical (unpaired) electrons. The number of hydrazine groups is 1. The highest BCUT2D eigenvalue weighted by molar-refractivity contribution is 6.30. The molecule has 0 fully saturated rings. The second kappa shape index (κ2) is 12.3. The fraction of sp³-hybridized carbons (Fsp3) is 0.286. The molecule has 0 aromatic heterocycles. The number of hydrogen-bond donors (Lipinski definition) is 3. The van der Waals surface area contributed by atoms with Gasteiger partial charge in [0.1, 0.15) is 0 Å². The van der Waals surface area contributed by atoms with Gasteiger partial charge < -0.3 is 14.8 Å². The van der Waals surface area contributed by atoms with Crippen LogP contribution in [-0.2, 0) is 9.59 Å². The molecule has 0 aliphatic heterocycles. The number of carbonyl (C=O) groups excluding carboxylic acids is 3. The molecule has 0 heterocycles. The lowest BCUT2D eigenvalue weighted by atomic mass is 10.2. The first-order valence-corrected chi connectivity index (χ1v) is 9.83. The Morgan fingerprint density at radius 2 is 1.53 bits per heavy atom. The summed E-state index contributed by atoms with van der Waals surface area (Å²) in [6, 6.07) is 13.5. The molecule has 0 saturated heterocycles. The van der Waals surface area contributed by atoms with E-state index in [1.165, 1.54) is 0 Å². The summed E-state index contributed by atoms with van der Waals surface area (Å²) in [5.41, 5.74) is 5.08. The van der Waals surface area contributed by atoms with Gasteiger partial charge in [-0.25, -0.2) is 0 Å². The molecule has 0 saturated carbocycles. The van der Waals surface area contributed by atoms with Gasteiger partial charge in [0.05, 0.1) is 6.61 Å². The number of halogens is 1.